The number of piperazine rings is 1. The van der Waals surface area contributed by atoms with Crippen LogP contribution < -0.4 is 4.90 Å². The lowest BCUT2D eigenvalue weighted by molar-refractivity contribution is -0.00513. The predicted molar refractivity (Wildman–Crippen MR) is 82.6 cm³/mol. The molecule has 2 aromatic heterocycles. The first-order valence-corrected chi connectivity index (χ1v) is 7.85. The average Bonchev–Trinajstić information content (AvgIpc) is 3.03. The molecule has 5 heterocycles. The molecule has 2 bridgehead atoms. The molecule has 0 amide bonds. The smallest absolute Gasteiger partial charge is 0.135 e. The lowest BCUT2D eigenvalue weighted by Crippen LogP contribution is -2.69. The molecular weight excluding hydrogens is 278 g/mol. The Kier molecular flexibility index (Phi) is 3.29. The molecule has 2 aromatic rings. The Balaban J connectivity index is 1.41. The van der Waals surface area contributed by atoms with E-state index in [1.54, 1.807) is 23.5 Å². The fourth-order valence-electron chi connectivity index (χ4n) is 3.63. The van der Waals surface area contributed by atoms with E-state index in [9.17, 15) is 0 Å². The quantitative estimate of drug-likeness (QED) is 0.826. The van der Waals surface area contributed by atoms with Crippen LogP contribution in [0.1, 0.15) is 17.7 Å². The van der Waals surface area contributed by atoms with Crippen molar-refractivity contribution in [3.8, 4) is 0 Å². The molecule has 3 aliphatic heterocycles. The van der Waals surface area contributed by atoms with E-state index in [0.29, 0.717) is 12.1 Å². The maximum Gasteiger partial charge on any atom is 0.135 e. The van der Waals surface area contributed by atoms with Gasteiger partial charge in [0, 0.05) is 43.0 Å². The van der Waals surface area contributed by atoms with Crippen LogP contribution in [0, 0.1) is 13.8 Å². The number of aryl methyl sites for hydroxylation is 1. The second-order valence-corrected chi connectivity index (χ2v) is 6.22. The highest BCUT2D eigenvalue weighted by Crippen LogP contribution is 2.34. The van der Waals surface area contributed by atoms with Gasteiger partial charge in [0.2, 0.25) is 0 Å². The summed E-state index contributed by atoms with van der Waals surface area (Å²) in [5, 5.41) is 8.35. The maximum absolute atomic E-state index is 4.50. The summed E-state index contributed by atoms with van der Waals surface area (Å²) in [5.74, 6) is 1.11. The van der Waals surface area contributed by atoms with Crippen molar-refractivity contribution >= 4 is 5.82 Å². The molecular formula is C15H21N7. The molecule has 0 aromatic carbocycles. The molecule has 0 aliphatic carbocycles. The monoisotopic (exact) mass is 299 g/mol. The van der Waals surface area contributed by atoms with Crippen molar-refractivity contribution in [2.75, 3.05) is 24.5 Å². The van der Waals surface area contributed by atoms with Crippen LogP contribution in [0.2, 0.25) is 0 Å². The molecule has 5 rings (SSSR count). The first-order chi connectivity index (χ1) is 10.7. The van der Waals surface area contributed by atoms with Crippen LogP contribution in [0.3, 0.4) is 0 Å². The van der Waals surface area contributed by atoms with Gasteiger partial charge in [0.1, 0.15) is 12.1 Å². The van der Waals surface area contributed by atoms with Crippen LogP contribution in [0.25, 0.3) is 0 Å². The van der Waals surface area contributed by atoms with Crippen LogP contribution in [-0.4, -0.2) is 61.6 Å². The van der Waals surface area contributed by atoms with E-state index in [-0.39, 0.29) is 0 Å². The second kappa shape index (κ2) is 5.31. The third-order valence-corrected chi connectivity index (χ3v) is 4.98. The van der Waals surface area contributed by atoms with Crippen molar-refractivity contribution in [2.24, 2.45) is 0 Å². The lowest BCUT2D eigenvalue weighted by atomic mass is 9.87. The van der Waals surface area contributed by atoms with Gasteiger partial charge in [-0.05, 0) is 20.3 Å². The summed E-state index contributed by atoms with van der Waals surface area (Å²) in [5.41, 5.74) is 2.28. The van der Waals surface area contributed by atoms with Crippen molar-refractivity contribution in [1.82, 2.24) is 29.9 Å². The van der Waals surface area contributed by atoms with Gasteiger partial charge in [-0.1, -0.05) is 0 Å². The van der Waals surface area contributed by atoms with Gasteiger partial charge in [-0.2, -0.15) is 15.0 Å². The number of nitrogens with zero attached hydrogens (tertiary/aromatic N) is 7. The molecule has 22 heavy (non-hydrogen) atoms. The molecule has 0 saturated carbocycles. The molecule has 7 heteroatoms. The van der Waals surface area contributed by atoms with E-state index < -0.39 is 0 Å². The molecule has 0 spiro atoms. The number of piperidine rings is 1. The minimum absolute atomic E-state index is 0.629. The Morgan fingerprint density at radius 2 is 1.77 bits per heavy atom. The van der Waals surface area contributed by atoms with E-state index in [1.807, 2.05) is 0 Å². The fraction of sp³-hybridized carbons (Fsp3) is 0.600. The van der Waals surface area contributed by atoms with Gasteiger partial charge in [-0.15, -0.1) is 0 Å². The number of anilines is 1. The topological polar surface area (TPSA) is 63.0 Å². The number of aromatic nitrogens is 5. The van der Waals surface area contributed by atoms with Gasteiger partial charge in [-0.25, -0.2) is 9.97 Å². The standard InChI is InChI=1S/C15H21N7/c1-11-12(2)16-10-17-15(11)20-8-13-7-14(9-20)21(13)5-6-22-18-3-4-19-22/h3-4,10,13-14H,5-9H2,1-2H3. The Morgan fingerprint density at radius 1 is 1.05 bits per heavy atom. The summed E-state index contributed by atoms with van der Waals surface area (Å²) in [6, 6.07) is 1.26. The van der Waals surface area contributed by atoms with E-state index >= 15 is 0 Å². The fourth-order valence-corrected chi connectivity index (χ4v) is 3.63. The lowest BCUT2D eigenvalue weighted by Gasteiger charge is -2.56. The highest BCUT2D eigenvalue weighted by Gasteiger charge is 2.44. The molecule has 2 unspecified atom stereocenters. The van der Waals surface area contributed by atoms with Gasteiger partial charge in [-0.3, -0.25) is 4.90 Å². The molecule has 0 radical (unpaired) electrons. The van der Waals surface area contributed by atoms with E-state index in [2.05, 4.69) is 43.8 Å². The van der Waals surface area contributed by atoms with Gasteiger partial charge in [0.25, 0.3) is 0 Å². The zero-order valence-electron chi connectivity index (χ0n) is 13.1. The number of fused-ring (bicyclic) bond motifs is 2. The molecule has 7 nitrogen and oxygen atoms in total. The highest BCUT2D eigenvalue weighted by molar-refractivity contribution is 5.49. The second-order valence-electron chi connectivity index (χ2n) is 6.22. The molecule has 0 N–H and O–H groups in total. The molecule has 116 valence electrons. The Bertz CT molecular complexity index is 642. The van der Waals surface area contributed by atoms with Crippen molar-refractivity contribution in [3.63, 3.8) is 0 Å². The first-order valence-electron chi connectivity index (χ1n) is 7.85. The Hall–Kier alpha value is -2.02. The average molecular weight is 299 g/mol. The van der Waals surface area contributed by atoms with Crippen LogP contribution in [0.4, 0.5) is 5.82 Å². The van der Waals surface area contributed by atoms with Gasteiger partial charge in [0.15, 0.2) is 0 Å². The largest absolute Gasteiger partial charge is 0.353 e. The molecule has 3 aliphatic rings. The summed E-state index contributed by atoms with van der Waals surface area (Å²) in [7, 11) is 0. The zero-order valence-corrected chi connectivity index (χ0v) is 13.1. The van der Waals surface area contributed by atoms with E-state index in [4.69, 9.17) is 0 Å². The maximum atomic E-state index is 4.50. The van der Waals surface area contributed by atoms with Crippen LogP contribution in [-0.2, 0) is 6.54 Å². The van der Waals surface area contributed by atoms with Gasteiger partial charge < -0.3 is 4.90 Å². The number of hydrogen-bond acceptors (Lipinski definition) is 6. The van der Waals surface area contributed by atoms with E-state index in [0.717, 1.165) is 37.7 Å². The zero-order chi connectivity index (χ0) is 15.1. The van der Waals surface area contributed by atoms with Crippen molar-refractivity contribution in [2.45, 2.75) is 38.9 Å². The highest BCUT2D eigenvalue weighted by atomic mass is 15.5. The summed E-state index contributed by atoms with van der Waals surface area (Å²) < 4.78 is 0. The van der Waals surface area contributed by atoms with Crippen LogP contribution in [0.5, 0.6) is 0 Å². The Morgan fingerprint density at radius 3 is 2.50 bits per heavy atom. The Labute approximate surface area is 130 Å². The number of rotatable bonds is 4. The molecule has 3 saturated heterocycles. The molecule has 3 fully saturated rings. The summed E-state index contributed by atoms with van der Waals surface area (Å²) in [6.07, 6.45) is 6.45. The minimum atomic E-state index is 0.629. The van der Waals surface area contributed by atoms with Crippen LogP contribution in [0.15, 0.2) is 18.7 Å². The van der Waals surface area contributed by atoms with Crippen LogP contribution >= 0.6 is 0 Å². The SMILES string of the molecule is Cc1ncnc(N2CC3CC(C2)N3CCn2nccn2)c1C. The third-order valence-electron chi connectivity index (χ3n) is 4.98. The molecule has 2 atom stereocenters. The summed E-state index contributed by atoms with van der Waals surface area (Å²) in [6.45, 7) is 8.17. The van der Waals surface area contributed by atoms with Crippen molar-refractivity contribution < 1.29 is 0 Å². The normalized spacial score (nSPS) is 24.4. The van der Waals surface area contributed by atoms with Gasteiger partial charge in [0.05, 0.1) is 18.9 Å². The van der Waals surface area contributed by atoms with Crippen molar-refractivity contribution in [3.05, 3.63) is 30.0 Å². The first kappa shape index (κ1) is 13.6. The summed E-state index contributed by atoms with van der Waals surface area (Å²) in [4.78, 5) is 15.6. The predicted octanol–water partition coefficient (Wildman–Crippen LogP) is 0.648. The summed E-state index contributed by atoms with van der Waals surface area (Å²) >= 11 is 0. The minimum Gasteiger partial charge on any atom is -0.353 e. The third kappa shape index (κ3) is 2.25. The van der Waals surface area contributed by atoms with E-state index in [1.165, 1.54) is 12.0 Å². The number of hydrogen-bond donors (Lipinski definition) is 0. The van der Waals surface area contributed by atoms with Gasteiger partial charge >= 0.3 is 0 Å². The van der Waals surface area contributed by atoms with Crippen molar-refractivity contribution in [1.29, 1.82) is 0 Å².